The molecular formula is C49H55N3. The highest BCUT2D eigenvalue weighted by atomic mass is 15.0. The molecule has 0 amide bonds. The average Bonchev–Trinajstić information content (AvgIpc) is 3.26. The highest BCUT2D eigenvalue weighted by Crippen LogP contribution is 2.31. The second kappa shape index (κ2) is 21.5. The molecule has 0 unspecified atom stereocenters. The molecule has 8 aromatic rings. The van der Waals surface area contributed by atoms with Crippen LogP contribution in [0.5, 0.6) is 0 Å². The van der Waals surface area contributed by atoms with Crippen LogP contribution in [0.15, 0.2) is 152 Å². The molecule has 8 rings (SSSR count). The van der Waals surface area contributed by atoms with Crippen LogP contribution < -0.4 is 0 Å². The maximum absolute atomic E-state index is 5.02. The first-order chi connectivity index (χ1) is 25.8. The van der Waals surface area contributed by atoms with Gasteiger partial charge in [0, 0.05) is 16.7 Å². The molecule has 0 saturated heterocycles. The standard InChI is InChI=1S/C39H25N3.5C2H6/c1-2-8-26(9-3-1)31-16-17-33-25-36(21-18-32(33)22-31)39-41-37(34-19-14-27-10-4-6-12-29(27)23-34)40-38(42-39)35-20-15-28-11-5-7-13-30(28)24-35;5*1-2/h1-25H;5*1-2H3. The normalized spacial score (nSPS) is 9.73. The third kappa shape index (κ3) is 9.76. The lowest BCUT2D eigenvalue weighted by Crippen LogP contribution is -2.00. The molecule has 0 aliphatic carbocycles. The van der Waals surface area contributed by atoms with E-state index >= 15 is 0 Å². The lowest BCUT2D eigenvalue weighted by Gasteiger charge is -2.11. The van der Waals surface area contributed by atoms with Crippen molar-refractivity contribution in [2.24, 2.45) is 0 Å². The molecule has 1 aromatic heterocycles. The van der Waals surface area contributed by atoms with Crippen LogP contribution in [0, 0.1) is 0 Å². The van der Waals surface area contributed by atoms with Gasteiger partial charge in [-0.05, 0) is 67.7 Å². The first kappa shape index (κ1) is 40.8. The van der Waals surface area contributed by atoms with Crippen LogP contribution in [0.4, 0.5) is 0 Å². The molecule has 0 saturated carbocycles. The van der Waals surface area contributed by atoms with Crippen molar-refractivity contribution in [3.63, 3.8) is 0 Å². The fourth-order valence-electron chi connectivity index (χ4n) is 5.62. The second-order valence-corrected chi connectivity index (χ2v) is 10.6. The Labute approximate surface area is 312 Å². The summed E-state index contributed by atoms with van der Waals surface area (Å²) >= 11 is 0. The zero-order valence-corrected chi connectivity index (χ0v) is 32.8. The summed E-state index contributed by atoms with van der Waals surface area (Å²) in [7, 11) is 0. The summed E-state index contributed by atoms with van der Waals surface area (Å²) in [5.74, 6) is 1.98. The lowest BCUT2D eigenvalue weighted by atomic mass is 10.00. The van der Waals surface area contributed by atoms with Crippen molar-refractivity contribution in [1.82, 2.24) is 15.0 Å². The molecule has 52 heavy (non-hydrogen) atoms. The van der Waals surface area contributed by atoms with E-state index in [1.807, 2.05) is 75.3 Å². The number of rotatable bonds is 4. The summed E-state index contributed by atoms with van der Waals surface area (Å²) in [5, 5.41) is 7.02. The van der Waals surface area contributed by atoms with Crippen molar-refractivity contribution in [1.29, 1.82) is 0 Å². The fourth-order valence-corrected chi connectivity index (χ4v) is 5.62. The maximum Gasteiger partial charge on any atom is 0.164 e. The fraction of sp³-hybridized carbons (Fsp3) is 0.204. The number of aromatic nitrogens is 3. The summed E-state index contributed by atoms with van der Waals surface area (Å²) in [5.41, 5.74) is 5.30. The molecule has 0 spiro atoms. The van der Waals surface area contributed by atoms with Gasteiger partial charge in [0.15, 0.2) is 17.5 Å². The monoisotopic (exact) mass is 685 g/mol. The predicted octanol–water partition coefficient (Wildman–Crippen LogP) is 15.1. The molecule has 0 radical (unpaired) electrons. The van der Waals surface area contributed by atoms with E-state index in [0.29, 0.717) is 17.5 Å². The van der Waals surface area contributed by atoms with Crippen LogP contribution in [-0.2, 0) is 0 Å². The van der Waals surface area contributed by atoms with Gasteiger partial charge in [-0.25, -0.2) is 15.0 Å². The highest BCUT2D eigenvalue weighted by Gasteiger charge is 2.14. The molecule has 0 N–H and O–H groups in total. The van der Waals surface area contributed by atoms with Gasteiger partial charge in [0.05, 0.1) is 0 Å². The predicted molar refractivity (Wildman–Crippen MR) is 231 cm³/mol. The van der Waals surface area contributed by atoms with E-state index in [-0.39, 0.29) is 0 Å². The Bertz CT molecular complexity index is 2160. The molecule has 0 aliphatic rings. The molecule has 266 valence electrons. The zero-order valence-electron chi connectivity index (χ0n) is 32.8. The quantitative estimate of drug-likeness (QED) is 0.185. The Morgan fingerprint density at radius 3 is 0.885 bits per heavy atom. The Hall–Kier alpha value is -5.67. The molecule has 0 fully saturated rings. The van der Waals surface area contributed by atoms with E-state index in [0.717, 1.165) is 32.8 Å². The molecule has 0 bridgehead atoms. The smallest absolute Gasteiger partial charge is 0.164 e. The van der Waals surface area contributed by atoms with E-state index in [9.17, 15) is 0 Å². The number of hydrogen-bond donors (Lipinski definition) is 0. The molecule has 0 atom stereocenters. The Morgan fingerprint density at radius 1 is 0.231 bits per heavy atom. The SMILES string of the molecule is CC.CC.CC.CC.CC.c1ccc(-c2ccc3cc(-c4nc(-c5ccc6ccccc6c5)nc(-c5ccc6ccccc6c5)n4)ccc3c2)cc1. The number of nitrogens with zero attached hydrogens (tertiary/aromatic N) is 3. The van der Waals surface area contributed by atoms with Gasteiger partial charge in [0.1, 0.15) is 0 Å². The maximum atomic E-state index is 5.02. The molecule has 0 aliphatic heterocycles. The Balaban J connectivity index is 0.000000675. The summed E-state index contributed by atoms with van der Waals surface area (Å²) < 4.78 is 0. The van der Waals surface area contributed by atoms with Crippen LogP contribution >= 0.6 is 0 Å². The summed E-state index contributed by atoms with van der Waals surface area (Å²) in [6.07, 6.45) is 0. The molecule has 1 heterocycles. The van der Waals surface area contributed by atoms with Gasteiger partial charge in [-0.2, -0.15) is 0 Å². The van der Waals surface area contributed by atoms with Crippen LogP contribution in [0.25, 0.3) is 77.6 Å². The first-order valence-electron chi connectivity index (χ1n) is 19.1. The first-order valence-corrected chi connectivity index (χ1v) is 19.1. The summed E-state index contributed by atoms with van der Waals surface area (Å²) in [6.45, 7) is 20.0. The van der Waals surface area contributed by atoms with Crippen LogP contribution in [0.1, 0.15) is 69.2 Å². The topological polar surface area (TPSA) is 38.7 Å². The van der Waals surface area contributed by atoms with Gasteiger partial charge >= 0.3 is 0 Å². The lowest BCUT2D eigenvalue weighted by molar-refractivity contribution is 1.08. The van der Waals surface area contributed by atoms with Crippen LogP contribution in [0.3, 0.4) is 0 Å². The van der Waals surface area contributed by atoms with Crippen molar-refractivity contribution in [2.75, 3.05) is 0 Å². The van der Waals surface area contributed by atoms with Crippen LogP contribution in [0.2, 0.25) is 0 Å². The molecule has 3 nitrogen and oxygen atoms in total. The van der Waals surface area contributed by atoms with Crippen molar-refractivity contribution < 1.29 is 0 Å². The van der Waals surface area contributed by atoms with E-state index in [4.69, 9.17) is 15.0 Å². The molecule has 3 heteroatoms. The minimum Gasteiger partial charge on any atom is -0.208 e. The van der Waals surface area contributed by atoms with Gasteiger partial charge < -0.3 is 0 Å². The van der Waals surface area contributed by atoms with Gasteiger partial charge in [0.25, 0.3) is 0 Å². The van der Waals surface area contributed by atoms with Gasteiger partial charge in [-0.1, -0.05) is 197 Å². The largest absolute Gasteiger partial charge is 0.208 e. The molecule has 7 aromatic carbocycles. The third-order valence-corrected chi connectivity index (χ3v) is 7.86. The minimum atomic E-state index is 0.658. The van der Waals surface area contributed by atoms with E-state index < -0.39 is 0 Å². The van der Waals surface area contributed by atoms with Gasteiger partial charge in [-0.15, -0.1) is 0 Å². The zero-order chi connectivity index (χ0) is 37.9. The van der Waals surface area contributed by atoms with Crippen molar-refractivity contribution in [2.45, 2.75) is 69.2 Å². The van der Waals surface area contributed by atoms with E-state index in [1.165, 1.54) is 27.3 Å². The second-order valence-electron chi connectivity index (χ2n) is 10.6. The van der Waals surface area contributed by atoms with Gasteiger partial charge in [-0.3, -0.25) is 0 Å². The minimum absolute atomic E-state index is 0.658. The Kier molecular flexibility index (Phi) is 16.9. The van der Waals surface area contributed by atoms with Gasteiger partial charge in [0.2, 0.25) is 0 Å². The highest BCUT2D eigenvalue weighted by molar-refractivity contribution is 5.91. The number of hydrogen-bond acceptors (Lipinski definition) is 3. The Morgan fingerprint density at radius 2 is 0.500 bits per heavy atom. The third-order valence-electron chi connectivity index (χ3n) is 7.86. The number of fused-ring (bicyclic) bond motifs is 3. The van der Waals surface area contributed by atoms with Crippen molar-refractivity contribution >= 4 is 32.3 Å². The van der Waals surface area contributed by atoms with Crippen molar-refractivity contribution in [3.05, 3.63) is 152 Å². The van der Waals surface area contributed by atoms with Crippen molar-refractivity contribution in [3.8, 4) is 45.3 Å². The summed E-state index contributed by atoms with van der Waals surface area (Å²) in [4.78, 5) is 15.0. The van der Waals surface area contributed by atoms with Crippen LogP contribution in [-0.4, -0.2) is 15.0 Å². The average molecular weight is 686 g/mol. The summed E-state index contributed by atoms with van der Waals surface area (Å²) in [6, 6.07) is 53.0. The van der Waals surface area contributed by atoms with E-state index in [1.54, 1.807) is 0 Å². The molecular weight excluding hydrogens is 631 g/mol. The number of benzene rings is 7. The van der Waals surface area contributed by atoms with E-state index in [2.05, 4.69) is 146 Å².